The second-order valence-corrected chi connectivity index (χ2v) is 5.66. The first kappa shape index (κ1) is 16.1. The van der Waals surface area contributed by atoms with Gasteiger partial charge in [0.2, 0.25) is 5.82 Å². The molecule has 130 valence electrons. The Bertz CT molecular complexity index is 1070. The van der Waals surface area contributed by atoms with Crippen molar-refractivity contribution in [1.29, 1.82) is 0 Å². The molecule has 4 aromatic rings. The van der Waals surface area contributed by atoms with Gasteiger partial charge in [-0.3, -0.25) is 4.68 Å². The number of hydrogen-bond donors (Lipinski definition) is 0. The molecule has 0 saturated heterocycles. The molecule has 5 nitrogen and oxygen atoms in total. The van der Waals surface area contributed by atoms with E-state index in [0.717, 1.165) is 35.5 Å². The van der Waals surface area contributed by atoms with Gasteiger partial charge in [0, 0.05) is 29.9 Å². The highest BCUT2D eigenvalue weighted by molar-refractivity contribution is 5.68. The number of aromatic nitrogens is 4. The van der Waals surface area contributed by atoms with Crippen molar-refractivity contribution in [1.82, 2.24) is 19.9 Å². The summed E-state index contributed by atoms with van der Waals surface area (Å²) >= 11 is 0. The van der Waals surface area contributed by atoms with E-state index in [0.29, 0.717) is 5.82 Å². The van der Waals surface area contributed by atoms with Crippen LogP contribution in [0.5, 0.6) is 0 Å². The molecule has 0 radical (unpaired) electrons. The van der Waals surface area contributed by atoms with Crippen LogP contribution in [0.25, 0.3) is 34.1 Å². The molecule has 2 aromatic heterocycles. The highest BCUT2D eigenvalue weighted by Gasteiger charge is 2.15. The third-order valence-corrected chi connectivity index (χ3v) is 4.02. The standard InChI is InChI=1S/C19H14F2N4O/c1-2-25-17(8-9-22-25)12-4-3-5-13(10-12)18-23-19(26-24-18)15-7-6-14(20)11-16(15)21/h3-11H,2H2,1H3. The smallest absolute Gasteiger partial charge is 0.261 e. The quantitative estimate of drug-likeness (QED) is 0.540. The molecule has 0 fully saturated rings. The first-order chi connectivity index (χ1) is 12.7. The fourth-order valence-corrected chi connectivity index (χ4v) is 2.76. The number of benzene rings is 2. The summed E-state index contributed by atoms with van der Waals surface area (Å²) in [5.41, 5.74) is 2.72. The summed E-state index contributed by atoms with van der Waals surface area (Å²) in [5, 5.41) is 8.19. The van der Waals surface area contributed by atoms with Gasteiger partial charge in [0.1, 0.15) is 11.6 Å². The van der Waals surface area contributed by atoms with E-state index in [4.69, 9.17) is 4.52 Å². The van der Waals surface area contributed by atoms with Crippen molar-refractivity contribution in [2.24, 2.45) is 0 Å². The van der Waals surface area contributed by atoms with Crippen LogP contribution in [0.4, 0.5) is 8.78 Å². The molecule has 7 heteroatoms. The average molecular weight is 352 g/mol. The number of halogens is 2. The fourth-order valence-electron chi connectivity index (χ4n) is 2.76. The van der Waals surface area contributed by atoms with Crippen molar-refractivity contribution in [2.45, 2.75) is 13.5 Å². The van der Waals surface area contributed by atoms with Gasteiger partial charge in [-0.05, 0) is 31.2 Å². The Balaban J connectivity index is 1.71. The van der Waals surface area contributed by atoms with Gasteiger partial charge in [0.05, 0.1) is 11.3 Å². The normalized spacial score (nSPS) is 11.0. The van der Waals surface area contributed by atoms with Gasteiger partial charge in [-0.15, -0.1) is 0 Å². The SMILES string of the molecule is CCn1nccc1-c1cccc(-c2noc(-c3ccc(F)cc3F)n2)c1. The van der Waals surface area contributed by atoms with Crippen LogP contribution in [-0.4, -0.2) is 19.9 Å². The molecule has 2 heterocycles. The minimum Gasteiger partial charge on any atom is -0.334 e. The molecule has 0 unspecified atom stereocenters. The summed E-state index contributed by atoms with van der Waals surface area (Å²) < 4.78 is 34.0. The van der Waals surface area contributed by atoms with E-state index in [1.165, 1.54) is 6.07 Å². The molecule has 2 aromatic carbocycles. The molecule has 0 saturated carbocycles. The van der Waals surface area contributed by atoms with Gasteiger partial charge in [-0.1, -0.05) is 23.4 Å². The minimum absolute atomic E-state index is 0.00139. The monoisotopic (exact) mass is 352 g/mol. The van der Waals surface area contributed by atoms with Crippen molar-refractivity contribution in [3.8, 4) is 34.1 Å². The van der Waals surface area contributed by atoms with Gasteiger partial charge in [0.25, 0.3) is 5.89 Å². The van der Waals surface area contributed by atoms with Crippen LogP contribution in [0.2, 0.25) is 0 Å². The van der Waals surface area contributed by atoms with E-state index in [1.54, 1.807) is 6.20 Å². The molecule has 26 heavy (non-hydrogen) atoms. The Hall–Kier alpha value is -3.35. The second-order valence-electron chi connectivity index (χ2n) is 5.66. The average Bonchev–Trinajstić information content (AvgIpc) is 3.31. The summed E-state index contributed by atoms with van der Waals surface area (Å²) in [6, 6.07) is 12.7. The van der Waals surface area contributed by atoms with Crippen LogP contribution < -0.4 is 0 Å². The van der Waals surface area contributed by atoms with E-state index in [2.05, 4.69) is 15.2 Å². The maximum absolute atomic E-state index is 13.9. The van der Waals surface area contributed by atoms with Crippen molar-refractivity contribution in [3.63, 3.8) is 0 Å². The topological polar surface area (TPSA) is 56.7 Å². The number of rotatable bonds is 4. The summed E-state index contributed by atoms with van der Waals surface area (Å²) in [7, 11) is 0. The summed E-state index contributed by atoms with van der Waals surface area (Å²) in [5.74, 6) is -1.08. The fraction of sp³-hybridized carbons (Fsp3) is 0.105. The molecule has 0 aliphatic heterocycles. The van der Waals surface area contributed by atoms with Gasteiger partial charge in [-0.25, -0.2) is 8.78 Å². The summed E-state index contributed by atoms with van der Waals surface area (Å²) in [4.78, 5) is 4.24. The number of aryl methyl sites for hydroxylation is 1. The second kappa shape index (κ2) is 6.51. The van der Waals surface area contributed by atoms with Crippen LogP contribution in [0, 0.1) is 11.6 Å². The summed E-state index contributed by atoms with van der Waals surface area (Å²) in [6.07, 6.45) is 1.75. The maximum atomic E-state index is 13.9. The molecule has 0 spiro atoms. The van der Waals surface area contributed by atoms with Crippen molar-refractivity contribution < 1.29 is 13.3 Å². The Morgan fingerprint density at radius 2 is 1.88 bits per heavy atom. The zero-order valence-electron chi connectivity index (χ0n) is 13.9. The lowest BCUT2D eigenvalue weighted by Gasteiger charge is -2.05. The predicted octanol–water partition coefficient (Wildman–Crippen LogP) is 4.57. The lowest BCUT2D eigenvalue weighted by atomic mass is 10.1. The van der Waals surface area contributed by atoms with Crippen LogP contribution in [0.15, 0.2) is 59.3 Å². The highest BCUT2D eigenvalue weighted by Crippen LogP contribution is 2.28. The van der Waals surface area contributed by atoms with E-state index >= 15 is 0 Å². The van der Waals surface area contributed by atoms with E-state index < -0.39 is 11.6 Å². The Labute approximate surface area is 147 Å². The van der Waals surface area contributed by atoms with Crippen molar-refractivity contribution >= 4 is 0 Å². The minimum atomic E-state index is -0.749. The number of nitrogens with zero attached hydrogens (tertiary/aromatic N) is 4. The highest BCUT2D eigenvalue weighted by atomic mass is 19.1. The predicted molar refractivity (Wildman–Crippen MR) is 92.0 cm³/mol. The molecular formula is C19H14F2N4O. The lowest BCUT2D eigenvalue weighted by molar-refractivity contribution is 0.429. The number of hydrogen-bond acceptors (Lipinski definition) is 4. The third kappa shape index (κ3) is 2.88. The molecule has 0 N–H and O–H groups in total. The first-order valence-electron chi connectivity index (χ1n) is 8.07. The van der Waals surface area contributed by atoms with E-state index in [1.807, 2.05) is 41.9 Å². The van der Waals surface area contributed by atoms with Crippen molar-refractivity contribution in [2.75, 3.05) is 0 Å². The molecule has 0 bridgehead atoms. The van der Waals surface area contributed by atoms with Crippen LogP contribution in [0.1, 0.15) is 6.92 Å². The zero-order chi connectivity index (χ0) is 18.1. The van der Waals surface area contributed by atoms with E-state index in [-0.39, 0.29) is 11.5 Å². The first-order valence-corrected chi connectivity index (χ1v) is 8.07. The lowest BCUT2D eigenvalue weighted by Crippen LogP contribution is -1.98. The Morgan fingerprint density at radius 3 is 2.69 bits per heavy atom. The Morgan fingerprint density at radius 1 is 1.04 bits per heavy atom. The van der Waals surface area contributed by atoms with Gasteiger partial charge < -0.3 is 4.52 Å². The van der Waals surface area contributed by atoms with Crippen LogP contribution >= 0.6 is 0 Å². The van der Waals surface area contributed by atoms with E-state index in [9.17, 15) is 8.78 Å². The van der Waals surface area contributed by atoms with Gasteiger partial charge in [0.15, 0.2) is 0 Å². The molecular weight excluding hydrogens is 338 g/mol. The Kier molecular flexibility index (Phi) is 4.04. The van der Waals surface area contributed by atoms with Gasteiger partial charge >= 0.3 is 0 Å². The van der Waals surface area contributed by atoms with Crippen LogP contribution in [-0.2, 0) is 6.54 Å². The molecule has 0 aliphatic rings. The maximum Gasteiger partial charge on any atom is 0.261 e. The molecule has 0 atom stereocenters. The largest absolute Gasteiger partial charge is 0.334 e. The molecule has 0 aliphatic carbocycles. The molecule has 0 amide bonds. The van der Waals surface area contributed by atoms with Crippen LogP contribution in [0.3, 0.4) is 0 Å². The summed E-state index contributed by atoms with van der Waals surface area (Å²) in [6.45, 7) is 2.77. The van der Waals surface area contributed by atoms with Crippen molar-refractivity contribution in [3.05, 3.63) is 66.4 Å². The molecule has 4 rings (SSSR count). The van der Waals surface area contributed by atoms with Gasteiger partial charge in [-0.2, -0.15) is 10.1 Å². The third-order valence-electron chi connectivity index (χ3n) is 4.02. The zero-order valence-corrected chi connectivity index (χ0v) is 13.9.